The molecule has 7 heteroatoms. The minimum absolute atomic E-state index is 0.139. The summed E-state index contributed by atoms with van der Waals surface area (Å²) in [7, 11) is 0. The predicted octanol–water partition coefficient (Wildman–Crippen LogP) is 3.86. The number of benzene rings is 2. The van der Waals surface area contributed by atoms with E-state index in [1.807, 2.05) is 0 Å². The predicted molar refractivity (Wildman–Crippen MR) is 92.4 cm³/mol. The van der Waals surface area contributed by atoms with Gasteiger partial charge in [0, 0.05) is 22.7 Å². The number of rotatable bonds is 4. The van der Waals surface area contributed by atoms with Crippen molar-refractivity contribution in [1.29, 1.82) is 0 Å². The van der Waals surface area contributed by atoms with Crippen LogP contribution in [0.5, 0.6) is 11.5 Å². The third kappa shape index (κ3) is 3.46. The van der Waals surface area contributed by atoms with Crippen molar-refractivity contribution in [2.45, 2.75) is 6.42 Å². The minimum atomic E-state index is -0.310. The molecule has 25 heavy (non-hydrogen) atoms. The Hall–Kier alpha value is -2.93. The Kier molecular flexibility index (Phi) is 4.07. The molecule has 0 unspecified atom stereocenters. The third-order valence-electron chi connectivity index (χ3n) is 3.62. The molecule has 0 radical (unpaired) electrons. The van der Waals surface area contributed by atoms with Crippen LogP contribution in [-0.2, 0) is 11.2 Å². The molecule has 0 saturated carbocycles. The van der Waals surface area contributed by atoms with Gasteiger partial charge in [-0.15, -0.1) is 11.3 Å². The first-order valence-corrected chi connectivity index (χ1v) is 8.45. The Labute approximate surface area is 147 Å². The van der Waals surface area contributed by atoms with Crippen molar-refractivity contribution in [3.63, 3.8) is 0 Å². The van der Waals surface area contributed by atoms with Gasteiger partial charge < -0.3 is 14.8 Å². The number of amides is 1. The smallest absolute Gasteiger partial charge is 0.231 e. The number of carbonyl (C=O) groups excluding carboxylic acids is 1. The zero-order valence-electron chi connectivity index (χ0n) is 13.0. The van der Waals surface area contributed by atoms with Crippen molar-refractivity contribution in [3.8, 4) is 22.1 Å². The van der Waals surface area contributed by atoms with Gasteiger partial charge in [0.05, 0.1) is 12.1 Å². The van der Waals surface area contributed by atoms with Crippen LogP contribution in [-0.4, -0.2) is 17.7 Å². The Balaban J connectivity index is 1.43. The van der Waals surface area contributed by atoms with Crippen molar-refractivity contribution in [2.75, 3.05) is 12.1 Å². The van der Waals surface area contributed by atoms with E-state index in [-0.39, 0.29) is 24.9 Å². The molecule has 1 aromatic heterocycles. The average Bonchev–Trinajstić information content (AvgIpc) is 3.23. The molecule has 1 amide bonds. The van der Waals surface area contributed by atoms with Crippen LogP contribution in [0.4, 0.5) is 10.1 Å². The molecule has 0 aliphatic carbocycles. The van der Waals surface area contributed by atoms with Crippen LogP contribution < -0.4 is 14.8 Å². The van der Waals surface area contributed by atoms with Gasteiger partial charge in [-0.2, -0.15) is 0 Å². The largest absolute Gasteiger partial charge is 0.454 e. The number of nitrogens with zero attached hydrogens (tertiary/aromatic N) is 1. The third-order valence-corrected chi connectivity index (χ3v) is 4.56. The lowest BCUT2D eigenvalue weighted by Crippen LogP contribution is -2.14. The maximum absolute atomic E-state index is 13.3. The topological polar surface area (TPSA) is 60.5 Å². The molecular formula is C18H13FN2O3S. The van der Waals surface area contributed by atoms with E-state index in [1.54, 1.807) is 35.7 Å². The highest BCUT2D eigenvalue weighted by Gasteiger charge is 2.15. The normalized spacial score (nSPS) is 12.2. The molecular weight excluding hydrogens is 343 g/mol. The number of anilines is 1. The summed E-state index contributed by atoms with van der Waals surface area (Å²) in [6, 6.07) is 11.5. The Morgan fingerprint density at radius 1 is 1.20 bits per heavy atom. The lowest BCUT2D eigenvalue weighted by atomic mass is 10.2. The van der Waals surface area contributed by atoms with Gasteiger partial charge in [-0.25, -0.2) is 9.37 Å². The van der Waals surface area contributed by atoms with Crippen LogP contribution in [0.2, 0.25) is 0 Å². The van der Waals surface area contributed by atoms with Gasteiger partial charge in [0.25, 0.3) is 0 Å². The fraction of sp³-hybridized carbons (Fsp3) is 0.111. The number of nitrogens with one attached hydrogen (secondary N) is 1. The second kappa shape index (κ2) is 6.52. The SMILES string of the molecule is O=C(Cc1csc(-c2cccc(F)c2)n1)Nc1ccc2c(c1)OCO2. The molecule has 4 rings (SSSR count). The summed E-state index contributed by atoms with van der Waals surface area (Å²) in [4.78, 5) is 16.6. The fourth-order valence-corrected chi connectivity index (χ4v) is 3.30. The van der Waals surface area contributed by atoms with Gasteiger partial charge in [0.1, 0.15) is 10.8 Å². The van der Waals surface area contributed by atoms with E-state index < -0.39 is 0 Å². The van der Waals surface area contributed by atoms with Gasteiger partial charge in [-0.3, -0.25) is 4.79 Å². The van der Waals surface area contributed by atoms with E-state index in [4.69, 9.17) is 9.47 Å². The lowest BCUT2D eigenvalue weighted by Gasteiger charge is -2.05. The molecule has 3 aromatic rings. The zero-order valence-corrected chi connectivity index (χ0v) is 13.8. The number of thiazole rings is 1. The van der Waals surface area contributed by atoms with Gasteiger partial charge in [-0.05, 0) is 24.3 Å². The van der Waals surface area contributed by atoms with E-state index in [2.05, 4.69) is 10.3 Å². The number of halogens is 1. The van der Waals surface area contributed by atoms with Crippen LogP contribution in [0.25, 0.3) is 10.6 Å². The number of aromatic nitrogens is 1. The molecule has 1 aliphatic rings. The van der Waals surface area contributed by atoms with E-state index in [1.165, 1.54) is 23.5 Å². The first-order chi connectivity index (χ1) is 12.2. The van der Waals surface area contributed by atoms with E-state index in [0.717, 1.165) is 0 Å². The molecule has 2 aromatic carbocycles. The van der Waals surface area contributed by atoms with Crippen molar-refractivity contribution in [1.82, 2.24) is 4.98 Å². The molecule has 126 valence electrons. The maximum atomic E-state index is 13.3. The monoisotopic (exact) mass is 356 g/mol. The number of fused-ring (bicyclic) bond motifs is 1. The van der Waals surface area contributed by atoms with Crippen LogP contribution in [0.15, 0.2) is 47.8 Å². The number of hydrogen-bond donors (Lipinski definition) is 1. The summed E-state index contributed by atoms with van der Waals surface area (Å²) < 4.78 is 23.8. The molecule has 0 spiro atoms. The van der Waals surface area contributed by atoms with Crippen LogP contribution in [0.3, 0.4) is 0 Å². The second-order valence-electron chi connectivity index (χ2n) is 5.45. The molecule has 0 saturated heterocycles. The summed E-state index contributed by atoms with van der Waals surface area (Å²) in [5.74, 6) is 0.779. The highest BCUT2D eigenvalue weighted by Crippen LogP contribution is 2.34. The molecule has 1 aliphatic heterocycles. The first-order valence-electron chi connectivity index (χ1n) is 7.57. The van der Waals surface area contributed by atoms with Gasteiger partial charge >= 0.3 is 0 Å². The van der Waals surface area contributed by atoms with E-state index in [0.29, 0.717) is 33.5 Å². The number of hydrogen-bond acceptors (Lipinski definition) is 5. The zero-order chi connectivity index (χ0) is 17.2. The van der Waals surface area contributed by atoms with Crippen molar-refractivity contribution >= 4 is 22.9 Å². The minimum Gasteiger partial charge on any atom is -0.454 e. The maximum Gasteiger partial charge on any atom is 0.231 e. The van der Waals surface area contributed by atoms with E-state index in [9.17, 15) is 9.18 Å². The highest BCUT2D eigenvalue weighted by molar-refractivity contribution is 7.13. The summed E-state index contributed by atoms with van der Waals surface area (Å²) in [6.07, 6.45) is 0.139. The van der Waals surface area contributed by atoms with Gasteiger partial charge in [0.15, 0.2) is 11.5 Å². The van der Waals surface area contributed by atoms with Crippen molar-refractivity contribution < 1.29 is 18.7 Å². The Bertz CT molecular complexity index is 942. The fourth-order valence-electron chi connectivity index (χ4n) is 2.49. The van der Waals surface area contributed by atoms with Crippen LogP contribution in [0, 0.1) is 5.82 Å². The first kappa shape index (κ1) is 15.6. The molecule has 0 bridgehead atoms. The number of ether oxygens (including phenoxy) is 2. The molecule has 5 nitrogen and oxygen atoms in total. The van der Waals surface area contributed by atoms with Gasteiger partial charge in [0.2, 0.25) is 12.7 Å². The number of carbonyl (C=O) groups is 1. The Morgan fingerprint density at radius 3 is 2.96 bits per heavy atom. The summed E-state index contributed by atoms with van der Waals surface area (Å²) in [6.45, 7) is 0.189. The van der Waals surface area contributed by atoms with Crippen LogP contribution >= 0.6 is 11.3 Å². The molecule has 2 heterocycles. The second-order valence-corrected chi connectivity index (χ2v) is 6.31. The van der Waals surface area contributed by atoms with Gasteiger partial charge in [-0.1, -0.05) is 12.1 Å². The van der Waals surface area contributed by atoms with Crippen LogP contribution in [0.1, 0.15) is 5.69 Å². The molecule has 1 N–H and O–H groups in total. The molecule has 0 atom stereocenters. The van der Waals surface area contributed by atoms with Crippen molar-refractivity contribution in [2.24, 2.45) is 0 Å². The molecule has 0 fully saturated rings. The highest BCUT2D eigenvalue weighted by atomic mass is 32.1. The summed E-state index contributed by atoms with van der Waals surface area (Å²) in [5.41, 5.74) is 1.98. The Morgan fingerprint density at radius 2 is 2.08 bits per heavy atom. The quantitative estimate of drug-likeness (QED) is 0.771. The standard InChI is InChI=1S/C18H13FN2O3S/c19-12-3-1-2-11(6-12)18-21-14(9-25-18)8-17(22)20-13-4-5-15-16(7-13)24-10-23-15/h1-7,9H,8,10H2,(H,20,22). The van der Waals surface area contributed by atoms with E-state index >= 15 is 0 Å². The summed E-state index contributed by atoms with van der Waals surface area (Å²) >= 11 is 1.38. The lowest BCUT2D eigenvalue weighted by molar-refractivity contribution is -0.115. The summed E-state index contributed by atoms with van der Waals surface area (Å²) in [5, 5.41) is 5.30. The average molecular weight is 356 g/mol. The van der Waals surface area contributed by atoms with Crippen molar-refractivity contribution in [3.05, 3.63) is 59.4 Å².